The molecular weight excluding hydrogens is 318 g/mol. The fourth-order valence-electron chi connectivity index (χ4n) is 3.54. The molecule has 2 atom stereocenters. The quantitative estimate of drug-likeness (QED) is 0.786. The summed E-state index contributed by atoms with van der Waals surface area (Å²) in [6, 6.07) is 8.01. The Morgan fingerprint density at radius 1 is 1.28 bits per heavy atom. The van der Waals surface area contributed by atoms with E-state index in [0.29, 0.717) is 18.8 Å². The van der Waals surface area contributed by atoms with Crippen LogP contribution in [0.4, 0.5) is 5.82 Å². The number of benzene rings is 1. The molecule has 0 bridgehead atoms. The van der Waals surface area contributed by atoms with Crippen LogP contribution in [0.25, 0.3) is 11.0 Å². The molecule has 1 aliphatic heterocycles. The fourth-order valence-corrected chi connectivity index (χ4v) is 3.54. The van der Waals surface area contributed by atoms with Crippen molar-refractivity contribution in [2.45, 2.75) is 25.5 Å². The summed E-state index contributed by atoms with van der Waals surface area (Å²) in [4.78, 5) is 11.3. The van der Waals surface area contributed by atoms with E-state index in [4.69, 9.17) is 4.74 Å². The van der Waals surface area contributed by atoms with E-state index < -0.39 is 6.10 Å². The Morgan fingerprint density at radius 3 is 2.92 bits per heavy atom. The van der Waals surface area contributed by atoms with Crippen molar-refractivity contribution < 1.29 is 9.84 Å². The maximum atomic E-state index is 10.3. The van der Waals surface area contributed by atoms with Gasteiger partial charge in [-0.3, -0.25) is 4.68 Å². The molecule has 0 saturated carbocycles. The van der Waals surface area contributed by atoms with Gasteiger partial charge in [-0.2, -0.15) is 5.10 Å². The van der Waals surface area contributed by atoms with Crippen molar-refractivity contribution in [2.24, 2.45) is 7.05 Å². The lowest BCUT2D eigenvalue weighted by molar-refractivity contribution is 0.194. The number of rotatable bonds is 3. The van der Waals surface area contributed by atoms with Crippen molar-refractivity contribution >= 4 is 16.9 Å². The third kappa shape index (κ3) is 2.70. The number of β-amino-alcohol motifs (C(OH)–C–C–N with tert-alkyl or cyclic N) is 1. The van der Waals surface area contributed by atoms with Crippen LogP contribution in [-0.4, -0.2) is 44.6 Å². The normalized spacial score (nSPS) is 20.4. The second kappa shape index (κ2) is 6.00. The number of nitrogens with zero attached hydrogens (tertiary/aromatic N) is 5. The van der Waals surface area contributed by atoms with Crippen LogP contribution in [0.5, 0.6) is 5.75 Å². The molecule has 25 heavy (non-hydrogen) atoms. The number of ether oxygens (including phenoxy) is 1. The molecule has 1 fully saturated rings. The van der Waals surface area contributed by atoms with Gasteiger partial charge in [0.1, 0.15) is 17.4 Å². The standard InChI is InChI=1S/C18H21N5O2/c1-11-20-17-15(9-19-22(17)2)18(21-11)23-10-13(24)8-16(23)12-5-4-6-14(7-12)25-3/h4-7,9,13,16,24H,8,10H2,1-3H3/t13-,16+/m0/s1. The SMILES string of the molecule is COc1cccc([C@H]2C[C@H](O)CN2c2nc(C)nc3c2cnn3C)c1. The summed E-state index contributed by atoms with van der Waals surface area (Å²) < 4.78 is 7.11. The zero-order valence-electron chi connectivity index (χ0n) is 14.5. The van der Waals surface area contributed by atoms with Gasteiger partial charge in [0.15, 0.2) is 5.65 Å². The molecule has 0 aliphatic carbocycles. The highest BCUT2D eigenvalue weighted by Crippen LogP contribution is 2.38. The summed E-state index contributed by atoms with van der Waals surface area (Å²) in [6.07, 6.45) is 2.04. The molecule has 2 aromatic heterocycles. The van der Waals surface area contributed by atoms with Gasteiger partial charge in [0.2, 0.25) is 0 Å². The Morgan fingerprint density at radius 2 is 2.12 bits per heavy atom. The molecular formula is C18H21N5O2. The van der Waals surface area contributed by atoms with Crippen molar-refractivity contribution in [2.75, 3.05) is 18.6 Å². The van der Waals surface area contributed by atoms with Crippen LogP contribution in [0.2, 0.25) is 0 Å². The Hall–Kier alpha value is -2.67. The lowest BCUT2D eigenvalue weighted by Crippen LogP contribution is -2.26. The number of fused-ring (bicyclic) bond motifs is 1. The number of methoxy groups -OCH3 is 1. The van der Waals surface area contributed by atoms with Gasteiger partial charge in [-0.05, 0) is 31.0 Å². The molecule has 3 aromatic rings. The molecule has 130 valence electrons. The van der Waals surface area contributed by atoms with Crippen LogP contribution in [0.3, 0.4) is 0 Å². The molecule has 1 aromatic carbocycles. The first-order valence-corrected chi connectivity index (χ1v) is 8.32. The summed E-state index contributed by atoms with van der Waals surface area (Å²) in [6.45, 7) is 2.41. The van der Waals surface area contributed by atoms with Crippen molar-refractivity contribution in [1.82, 2.24) is 19.7 Å². The predicted molar refractivity (Wildman–Crippen MR) is 94.7 cm³/mol. The molecule has 4 rings (SSSR count). The van der Waals surface area contributed by atoms with E-state index in [-0.39, 0.29) is 6.04 Å². The van der Waals surface area contributed by atoms with Crippen LogP contribution in [0, 0.1) is 6.92 Å². The van der Waals surface area contributed by atoms with Crippen molar-refractivity contribution in [3.63, 3.8) is 0 Å². The van der Waals surface area contributed by atoms with Crippen LogP contribution < -0.4 is 9.64 Å². The number of aliphatic hydroxyl groups is 1. The molecule has 1 saturated heterocycles. The van der Waals surface area contributed by atoms with Gasteiger partial charge < -0.3 is 14.7 Å². The lowest BCUT2D eigenvalue weighted by Gasteiger charge is -2.26. The van der Waals surface area contributed by atoms with Gasteiger partial charge in [-0.1, -0.05) is 12.1 Å². The zero-order chi connectivity index (χ0) is 17.6. The van der Waals surface area contributed by atoms with Gasteiger partial charge >= 0.3 is 0 Å². The fraction of sp³-hybridized carbons (Fsp3) is 0.389. The van der Waals surface area contributed by atoms with Gasteiger partial charge in [0.05, 0.1) is 30.8 Å². The third-order valence-electron chi connectivity index (χ3n) is 4.71. The van der Waals surface area contributed by atoms with E-state index in [1.807, 2.05) is 32.2 Å². The number of hydrogen-bond donors (Lipinski definition) is 1. The van der Waals surface area contributed by atoms with Crippen molar-refractivity contribution in [3.8, 4) is 5.75 Å². The van der Waals surface area contributed by atoms with Crippen LogP contribution >= 0.6 is 0 Å². The number of aromatic nitrogens is 4. The van der Waals surface area contributed by atoms with E-state index in [9.17, 15) is 5.11 Å². The number of aryl methyl sites for hydroxylation is 2. The van der Waals surface area contributed by atoms with E-state index in [2.05, 4.69) is 26.0 Å². The van der Waals surface area contributed by atoms with Crippen LogP contribution in [0.1, 0.15) is 23.9 Å². The van der Waals surface area contributed by atoms with E-state index in [0.717, 1.165) is 28.2 Å². The average Bonchev–Trinajstić information content (AvgIpc) is 3.18. The Labute approximate surface area is 145 Å². The minimum Gasteiger partial charge on any atom is -0.497 e. The monoisotopic (exact) mass is 339 g/mol. The van der Waals surface area contributed by atoms with E-state index >= 15 is 0 Å². The maximum Gasteiger partial charge on any atom is 0.163 e. The molecule has 3 heterocycles. The predicted octanol–water partition coefficient (Wildman–Crippen LogP) is 1.99. The summed E-state index contributed by atoms with van der Waals surface area (Å²) >= 11 is 0. The number of anilines is 1. The van der Waals surface area contributed by atoms with Gasteiger partial charge in [0.25, 0.3) is 0 Å². The first kappa shape index (κ1) is 15.8. The molecule has 1 N–H and O–H groups in total. The molecule has 7 heteroatoms. The number of hydrogen-bond acceptors (Lipinski definition) is 6. The van der Waals surface area contributed by atoms with E-state index in [1.165, 1.54) is 0 Å². The highest BCUT2D eigenvalue weighted by atomic mass is 16.5. The molecule has 0 radical (unpaired) electrons. The smallest absolute Gasteiger partial charge is 0.163 e. The minimum atomic E-state index is -0.404. The van der Waals surface area contributed by atoms with E-state index in [1.54, 1.807) is 18.0 Å². The van der Waals surface area contributed by atoms with Gasteiger partial charge in [-0.25, -0.2) is 9.97 Å². The summed E-state index contributed by atoms with van der Waals surface area (Å²) in [7, 11) is 3.53. The first-order chi connectivity index (χ1) is 12.1. The third-order valence-corrected chi connectivity index (χ3v) is 4.71. The van der Waals surface area contributed by atoms with Gasteiger partial charge in [-0.15, -0.1) is 0 Å². The Bertz CT molecular complexity index is 923. The zero-order valence-corrected chi connectivity index (χ0v) is 14.5. The first-order valence-electron chi connectivity index (χ1n) is 8.32. The Balaban J connectivity index is 1.83. The second-order valence-electron chi connectivity index (χ2n) is 6.43. The summed E-state index contributed by atoms with van der Waals surface area (Å²) in [5.41, 5.74) is 1.90. The second-order valence-corrected chi connectivity index (χ2v) is 6.43. The minimum absolute atomic E-state index is 0.0304. The molecule has 0 unspecified atom stereocenters. The Kier molecular flexibility index (Phi) is 3.80. The molecule has 7 nitrogen and oxygen atoms in total. The van der Waals surface area contributed by atoms with Crippen LogP contribution in [-0.2, 0) is 7.05 Å². The van der Waals surface area contributed by atoms with Crippen molar-refractivity contribution in [3.05, 3.63) is 41.9 Å². The summed E-state index contributed by atoms with van der Waals surface area (Å²) in [5.74, 6) is 2.32. The molecule has 0 spiro atoms. The number of aliphatic hydroxyl groups excluding tert-OH is 1. The maximum absolute atomic E-state index is 10.3. The lowest BCUT2D eigenvalue weighted by atomic mass is 10.0. The largest absolute Gasteiger partial charge is 0.497 e. The average molecular weight is 339 g/mol. The summed E-state index contributed by atoms with van der Waals surface area (Å²) in [5, 5.41) is 15.5. The topological polar surface area (TPSA) is 76.3 Å². The van der Waals surface area contributed by atoms with Crippen LogP contribution in [0.15, 0.2) is 30.5 Å². The molecule has 0 amide bonds. The van der Waals surface area contributed by atoms with Gasteiger partial charge in [0, 0.05) is 13.6 Å². The highest BCUT2D eigenvalue weighted by molar-refractivity contribution is 5.87. The highest BCUT2D eigenvalue weighted by Gasteiger charge is 2.34. The van der Waals surface area contributed by atoms with Crippen molar-refractivity contribution in [1.29, 1.82) is 0 Å². The molecule has 1 aliphatic rings.